The van der Waals surface area contributed by atoms with Gasteiger partial charge in [-0.05, 0) is 32.0 Å². The van der Waals surface area contributed by atoms with Crippen molar-refractivity contribution in [3.8, 4) is 0 Å². The van der Waals surface area contributed by atoms with Gasteiger partial charge in [-0.2, -0.15) is 8.78 Å². The number of nitrogens with zero attached hydrogens (tertiary/aromatic N) is 2. The summed E-state index contributed by atoms with van der Waals surface area (Å²) in [4.78, 5) is 39.2. The Balaban J connectivity index is 2.38. The molecule has 0 aliphatic heterocycles. The van der Waals surface area contributed by atoms with E-state index in [9.17, 15) is 23.2 Å². The summed E-state index contributed by atoms with van der Waals surface area (Å²) in [5.41, 5.74) is -0.336. The van der Waals surface area contributed by atoms with Crippen LogP contribution < -0.4 is 10.9 Å². The van der Waals surface area contributed by atoms with Crippen LogP contribution in [0.5, 0.6) is 0 Å². The van der Waals surface area contributed by atoms with Crippen molar-refractivity contribution in [2.24, 2.45) is 7.05 Å². The molecule has 0 radical (unpaired) electrons. The Bertz CT molecular complexity index is 927. The minimum Gasteiger partial charge on any atom is -0.339 e. The number of thioether (sulfide) groups is 1. The number of aromatic nitrogens is 1. The summed E-state index contributed by atoms with van der Waals surface area (Å²) < 4.78 is 26.7. The fourth-order valence-electron chi connectivity index (χ4n) is 2.65. The molecule has 9 heteroatoms. The molecule has 0 bridgehead atoms. The second-order valence-corrected chi connectivity index (χ2v) is 6.90. The molecule has 2 aromatic rings. The number of hydrogen-bond acceptors (Lipinski definition) is 4. The van der Waals surface area contributed by atoms with Crippen molar-refractivity contribution in [3.63, 3.8) is 0 Å². The highest BCUT2D eigenvalue weighted by Gasteiger charge is 2.19. The van der Waals surface area contributed by atoms with Crippen LogP contribution in [0.3, 0.4) is 0 Å². The number of carbonyl (C=O) groups excluding carboxylic acids is 2. The van der Waals surface area contributed by atoms with Gasteiger partial charge in [-0.15, -0.1) is 0 Å². The van der Waals surface area contributed by atoms with E-state index in [0.29, 0.717) is 13.1 Å². The van der Waals surface area contributed by atoms with Crippen molar-refractivity contribution >= 4 is 29.3 Å². The Labute approximate surface area is 165 Å². The third-order valence-corrected chi connectivity index (χ3v) is 4.86. The number of rotatable bonds is 7. The molecule has 0 saturated heterocycles. The number of hydrogen-bond donors (Lipinski definition) is 1. The molecule has 0 fully saturated rings. The number of carbonyl (C=O) groups is 2. The summed E-state index contributed by atoms with van der Waals surface area (Å²) in [6.45, 7) is 4.67. The zero-order valence-corrected chi connectivity index (χ0v) is 16.6. The number of nitrogens with one attached hydrogen (secondary N) is 1. The fourth-order valence-corrected chi connectivity index (χ4v) is 3.29. The topological polar surface area (TPSA) is 71.4 Å². The van der Waals surface area contributed by atoms with Crippen LogP contribution in [0.25, 0.3) is 0 Å². The van der Waals surface area contributed by atoms with Crippen molar-refractivity contribution in [1.29, 1.82) is 0 Å². The van der Waals surface area contributed by atoms with E-state index in [0.717, 1.165) is 0 Å². The van der Waals surface area contributed by atoms with Crippen molar-refractivity contribution in [1.82, 2.24) is 9.47 Å². The van der Waals surface area contributed by atoms with Crippen molar-refractivity contribution in [2.45, 2.75) is 24.5 Å². The number of halogens is 2. The highest BCUT2D eigenvalue weighted by Crippen LogP contribution is 2.28. The average Bonchev–Trinajstić information content (AvgIpc) is 2.66. The lowest BCUT2D eigenvalue weighted by atomic mass is 10.2. The molecule has 0 spiro atoms. The van der Waals surface area contributed by atoms with Gasteiger partial charge in [0.2, 0.25) is 0 Å². The average molecular weight is 409 g/mol. The van der Waals surface area contributed by atoms with Gasteiger partial charge in [0.05, 0.1) is 11.1 Å². The lowest BCUT2D eigenvalue weighted by Gasteiger charge is -2.19. The maximum atomic E-state index is 12.7. The predicted molar refractivity (Wildman–Crippen MR) is 105 cm³/mol. The fraction of sp³-hybridized carbons (Fsp3) is 0.316. The summed E-state index contributed by atoms with van der Waals surface area (Å²) in [6, 6.07) is 7.20. The summed E-state index contributed by atoms with van der Waals surface area (Å²) in [6.07, 6.45) is 1.40. The Hall–Kier alpha value is -2.68. The molecule has 2 amide bonds. The largest absolute Gasteiger partial charge is 0.339 e. The number of anilines is 1. The minimum atomic E-state index is -2.68. The smallest absolute Gasteiger partial charge is 0.288 e. The Morgan fingerprint density at radius 1 is 1.21 bits per heavy atom. The summed E-state index contributed by atoms with van der Waals surface area (Å²) in [5, 5.41) is 2.45. The molecule has 0 aliphatic rings. The first kappa shape index (κ1) is 21.6. The Morgan fingerprint density at radius 3 is 2.46 bits per heavy atom. The van der Waals surface area contributed by atoms with Crippen LogP contribution >= 0.6 is 11.8 Å². The van der Waals surface area contributed by atoms with Crippen LogP contribution in [0.1, 0.15) is 34.6 Å². The molecule has 28 heavy (non-hydrogen) atoms. The maximum absolute atomic E-state index is 12.7. The van der Waals surface area contributed by atoms with Crippen LogP contribution in [-0.2, 0) is 7.05 Å². The zero-order valence-electron chi connectivity index (χ0n) is 15.7. The van der Waals surface area contributed by atoms with Crippen LogP contribution in [0.4, 0.5) is 14.5 Å². The van der Waals surface area contributed by atoms with E-state index in [1.807, 2.05) is 13.8 Å². The molecular weight excluding hydrogens is 388 g/mol. The van der Waals surface area contributed by atoms with Gasteiger partial charge in [0.1, 0.15) is 5.69 Å². The van der Waals surface area contributed by atoms with Crippen LogP contribution in [0.2, 0.25) is 0 Å². The Morgan fingerprint density at radius 2 is 1.86 bits per heavy atom. The first-order valence-corrected chi connectivity index (χ1v) is 9.51. The monoisotopic (exact) mass is 409 g/mol. The zero-order chi connectivity index (χ0) is 20.8. The van der Waals surface area contributed by atoms with E-state index in [-0.39, 0.29) is 39.4 Å². The second-order valence-electron chi connectivity index (χ2n) is 5.86. The molecule has 6 nitrogen and oxygen atoms in total. The molecule has 1 N–H and O–H groups in total. The summed E-state index contributed by atoms with van der Waals surface area (Å²) in [7, 11) is 1.47. The van der Waals surface area contributed by atoms with Crippen molar-refractivity contribution in [3.05, 3.63) is 58.0 Å². The van der Waals surface area contributed by atoms with Gasteiger partial charge in [0, 0.05) is 31.2 Å². The second kappa shape index (κ2) is 9.50. The molecule has 2 rings (SSSR count). The van der Waals surface area contributed by atoms with Gasteiger partial charge in [0.25, 0.3) is 23.1 Å². The Kier molecular flexibility index (Phi) is 7.33. The lowest BCUT2D eigenvalue weighted by molar-refractivity contribution is 0.0771. The number of pyridine rings is 1. The maximum Gasteiger partial charge on any atom is 0.288 e. The summed E-state index contributed by atoms with van der Waals surface area (Å²) >= 11 is 0.251. The van der Waals surface area contributed by atoms with E-state index in [1.165, 1.54) is 36.0 Å². The molecule has 1 heterocycles. The van der Waals surface area contributed by atoms with E-state index in [1.54, 1.807) is 17.0 Å². The third-order valence-electron chi connectivity index (χ3n) is 4.08. The highest BCUT2D eigenvalue weighted by atomic mass is 32.2. The first-order chi connectivity index (χ1) is 13.3. The van der Waals surface area contributed by atoms with E-state index >= 15 is 0 Å². The molecule has 1 aromatic carbocycles. The quantitative estimate of drug-likeness (QED) is 0.712. The van der Waals surface area contributed by atoms with E-state index in [2.05, 4.69) is 5.32 Å². The molecule has 0 atom stereocenters. The van der Waals surface area contributed by atoms with E-state index in [4.69, 9.17) is 0 Å². The third kappa shape index (κ3) is 4.98. The van der Waals surface area contributed by atoms with Gasteiger partial charge in [0.15, 0.2) is 0 Å². The van der Waals surface area contributed by atoms with Gasteiger partial charge in [-0.1, -0.05) is 23.9 Å². The standard InChI is InChI=1S/C19H21F2N3O3S/c1-4-24(5-2)17(26)12-10-14(18(27)23(3)11-12)22-16(25)13-8-6-7-9-15(13)28-19(20)21/h6-11,19H,4-5H2,1-3H3,(H,22,25). The number of amides is 2. The van der Waals surface area contributed by atoms with E-state index < -0.39 is 17.2 Å². The van der Waals surface area contributed by atoms with Gasteiger partial charge < -0.3 is 14.8 Å². The summed E-state index contributed by atoms with van der Waals surface area (Å²) in [5.74, 6) is -3.66. The molecule has 1 aromatic heterocycles. The molecule has 0 aliphatic carbocycles. The predicted octanol–water partition coefficient (Wildman–Crippen LogP) is 3.43. The van der Waals surface area contributed by atoms with Crippen molar-refractivity contribution in [2.75, 3.05) is 18.4 Å². The van der Waals surface area contributed by atoms with Gasteiger partial charge in [-0.3, -0.25) is 14.4 Å². The van der Waals surface area contributed by atoms with Crippen LogP contribution in [-0.4, -0.2) is 40.1 Å². The van der Waals surface area contributed by atoms with Gasteiger partial charge in [-0.25, -0.2) is 0 Å². The molecule has 0 saturated carbocycles. The van der Waals surface area contributed by atoms with Gasteiger partial charge >= 0.3 is 0 Å². The lowest BCUT2D eigenvalue weighted by Crippen LogP contribution is -2.32. The molecule has 0 unspecified atom stereocenters. The SMILES string of the molecule is CCN(CC)C(=O)c1cc(NC(=O)c2ccccc2SC(F)F)c(=O)n(C)c1. The number of benzene rings is 1. The van der Waals surface area contributed by atoms with Crippen LogP contribution in [0.15, 0.2) is 46.2 Å². The molecule has 150 valence electrons. The number of aryl methyl sites for hydroxylation is 1. The minimum absolute atomic E-state index is 0.0234. The normalized spacial score (nSPS) is 10.8. The van der Waals surface area contributed by atoms with Crippen molar-refractivity contribution < 1.29 is 18.4 Å². The molecular formula is C19H21F2N3O3S. The highest BCUT2D eigenvalue weighted by molar-refractivity contribution is 7.99. The number of alkyl halides is 2. The van der Waals surface area contributed by atoms with Crippen LogP contribution in [0, 0.1) is 0 Å². The first-order valence-electron chi connectivity index (χ1n) is 8.63.